The summed E-state index contributed by atoms with van der Waals surface area (Å²) in [5, 5.41) is 2.38. The second-order valence-electron chi connectivity index (χ2n) is 6.16. The van der Waals surface area contributed by atoms with Crippen LogP contribution in [0.3, 0.4) is 0 Å². The molecule has 0 spiro atoms. The fraction of sp³-hybridized carbons (Fsp3) is 0.100. The monoisotopic (exact) mass is 401 g/mol. The third-order valence-electron chi connectivity index (χ3n) is 4.31. The number of thiazole rings is 1. The van der Waals surface area contributed by atoms with Crippen LogP contribution in [-0.4, -0.2) is 15.3 Å². The second kappa shape index (κ2) is 6.79. The second-order valence-corrected chi connectivity index (χ2v) is 7.14. The number of aromatic nitrogens is 2. The first-order chi connectivity index (χ1) is 13.3. The van der Waals surface area contributed by atoms with Gasteiger partial charge in [0.1, 0.15) is 4.88 Å². The standard InChI is InChI=1S/C20H14F3N3OS/c1-12-17(18(27)24-15-10-6-5-9-14(15)20(21,22)23)28-19-25-16(11-26(12)19)13-7-3-2-4-8-13/h2-11H,1H3,(H,24,27). The van der Waals surface area contributed by atoms with Crippen molar-refractivity contribution in [1.82, 2.24) is 9.38 Å². The van der Waals surface area contributed by atoms with Gasteiger partial charge in [0.25, 0.3) is 5.91 Å². The van der Waals surface area contributed by atoms with Gasteiger partial charge in [0, 0.05) is 17.5 Å². The summed E-state index contributed by atoms with van der Waals surface area (Å²) >= 11 is 1.14. The molecule has 0 saturated heterocycles. The number of carbonyl (C=O) groups excluding carboxylic acids is 1. The van der Waals surface area contributed by atoms with Gasteiger partial charge in [0.15, 0.2) is 4.96 Å². The number of anilines is 1. The van der Waals surface area contributed by atoms with E-state index in [1.807, 2.05) is 36.5 Å². The van der Waals surface area contributed by atoms with Crippen molar-refractivity contribution in [1.29, 1.82) is 0 Å². The summed E-state index contributed by atoms with van der Waals surface area (Å²) in [5.41, 5.74) is 1.19. The van der Waals surface area contributed by atoms with Crippen molar-refractivity contribution in [2.45, 2.75) is 13.1 Å². The molecule has 2 aromatic carbocycles. The Labute approximate surface area is 162 Å². The highest BCUT2D eigenvalue weighted by molar-refractivity contribution is 7.19. The molecule has 0 aliphatic heterocycles. The number of hydrogen-bond donors (Lipinski definition) is 1. The van der Waals surface area contributed by atoms with E-state index in [1.165, 1.54) is 18.2 Å². The van der Waals surface area contributed by atoms with Crippen LogP contribution >= 0.6 is 11.3 Å². The first-order valence-electron chi connectivity index (χ1n) is 8.36. The number of amides is 1. The van der Waals surface area contributed by atoms with Gasteiger partial charge >= 0.3 is 6.18 Å². The molecule has 28 heavy (non-hydrogen) atoms. The summed E-state index contributed by atoms with van der Waals surface area (Å²) in [5.74, 6) is -0.592. The van der Waals surface area contributed by atoms with Crippen LogP contribution in [0.2, 0.25) is 0 Å². The zero-order valence-corrected chi connectivity index (χ0v) is 15.4. The topological polar surface area (TPSA) is 46.4 Å². The van der Waals surface area contributed by atoms with Gasteiger partial charge < -0.3 is 5.32 Å². The van der Waals surface area contributed by atoms with Crippen molar-refractivity contribution in [3.63, 3.8) is 0 Å². The summed E-state index contributed by atoms with van der Waals surface area (Å²) in [6.45, 7) is 1.74. The van der Waals surface area contributed by atoms with Crippen LogP contribution in [-0.2, 0) is 6.18 Å². The highest BCUT2D eigenvalue weighted by Gasteiger charge is 2.34. The smallest absolute Gasteiger partial charge is 0.321 e. The maximum atomic E-state index is 13.1. The number of alkyl halides is 3. The Hall–Kier alpha value is -3.13. The first kappa shape index (κ1) is 18.2. The lowest BCUT2D eigenvalue weighted by atomic mass is 10.1. The highest BCUT2D eigenvalue weighted by Crippen LogP contribution is 2.35. The number of benzene rings is 2. The predicted molar refractivity (Wildman–Crippen MR) is 103 cm³/mol. The maximum Gasteiger partial charge on any atom is 0.418 e. The van der Waals surface area contributed by atoms with E-state index in [0.29, 0.717) is 15.5 Å². The Morgan fingerprint density at radius 3 is 2.43 bits per heavy atom. The molecule has 4 aromatic rings. The molecule has 0 bridgehead atoms. The Bertz CT molecular complexity index is 1160. The number of fused-ring (bicyclic) bond motifs is 1. The summed E-state index contributed by atoms with van der Waals surface area (Å²) in [6, 6.07) is 14.5. The molecule has 4 nitrogen and oxygen atoms in total. The Kier molecular flexibility index (Phi) is 4.43. The molecular weight excluding hydrogens is 387 g/mol. The van der Waals surface area contributed by atoms with Crippen LogP contribution in [0.1, 0.15) is 20.9 Å². The van der Waals surface area contributed by atoms with Crippen molar-refractivity contribution in [3.05, 3.63) is 76.9 Å². The normalized spacial score (nSPS) is 11.7. The number of nitrogens with one attached hydrogen (secondary N) is 1. The number of nitrogens with zero attached hydrogens (tertiary/aromatic N) is 2. The van der Waals surface area contributed by atoms with Crippen molar-refractivity contribution in [2.24, 2.45) is 0 Å². The quantitative estimate of drug-likeness (QED) is 0.483. The molecule has 0 saturated carbocycles. The van der Waals surface area contributed by atoms with Crippen LogP contribution in [0, 0.1) is 6.92 Å². The molecule has 0 fully saturated rings. The molecule has 1 N–H and O–H groups in total. The van der Waals surface area contributed by atoms with E-state index in [4.69, 9.17) is 0 Å². The molecular formula is C20H14F3N3OS. The number of rotatable bonds is 3. The van der Waals surface area contributed by atoms with Gasteiger partial charge in [-0.15, -0.1) is 0 Å². The molecule has 4 rings (SSSR count). The SMILES string of the molecule is Cc1c(C(=O)Nc2ccccc2C(F)(F)F)sc2nc(-c3ccccc3)cn12. The van der Waals surface area contributed by atoms with E-state index < -0.39 is 17.6 Å². The van der Waals surface area contributed by atoms with Gasteiger partial charge in [-0.1, -0.05) is 53.8 Å². The van der Waals surface area contributed by atoms with E-state index >= 15 is 0 Å². The number of imidazole rings is 1. The van der Waals surface area contributed by atoms with E-state index in [1.54, 1.807) is 11.3 Å². The van der Waals surface area contributed by atoms with Crippen LogP contribution in [0.15, 0.2) is 60.8 Å². The van der Waals surface area contributed by atoms with Crippen molar-refractivity contribution in [3.8, 4) is 11.3 Å². The highest BCUT2D eigenvalue weighted by atomic mass is 32.1. The number of hydrogen-bond acceptors (Lipinski definition) is 3. The summed E-state index contributed by atoms with van der Waals surface area (Å²) in [7, 11) is 0. The fourth-order valence-electron chi connectivity index (χ4n) is 2.93. The Balaban J connectivity index is 1.66. The summed E-state index contributed by atoms with van der Waals surface area (Å²) in [6.07, 6.45) is -2.73. The Morgan fingerprint density at radius 2 is 1.75 bits per heavy atom. The van der Waals surface area contributed by atoms with Crippen LogP contribution in [0.25, 0.3) is 16.2 Å². The zero-order valence-electron chi connectivity index (χ0n) is 14.6. The number of halogens is 3. The average Bonchev–Trinajstić information content (AvgIpc) is 3.22. The summed E-state index contributed by atoms with van der Waals surface area (Å²) < 4.78 is 41.2. The van der Waals surface area contributed by atoms with Gasteiger partial charge in [0.2, 0.25) is 0 Å². The van der Waals surface area contributed by atoms with Crippen molar-refractivity contribution in [2.75, 3.05) is 5.32 Å². The zero-order chi connectivity index (χ0) is 19.9. The van der Waals surface area contributed by atoms with Crippen molar-refractivity contribution < 1.29 is 18.0 Å². The first-order valence-corrected chi connectivity index (χ1v) is 9.18. The molecule has 0 radical (unpaired) electrons. The van der Waals surface area contributed by atoms with Crippen LogP contribution < -0.4 is 5.32 Å². The van der Waals surface area contributed by atoms with Crippen LogP contribution in [0.5, 0.6) is 0 Å². The van der Waals surface area contributed by atoms with E-state index in [0.717, 1.165) is 28.7 Å². The average molecular weight is 401 g/mol. The largest absolute Gasteiger partial charge is 0.418 e. The molecule has 1 amide bonds. The molecule has 2 heterocycles. The fourth-order valence-corrected chi connectivity index (χ4v) is 3.93. The lowest BCUT2D eigenvalue weighted by molar-refractivity contribution is -0.136. The Morgan fingerprint density at radius 1 is 1.07 bits per heavy atom. The third kappa shape index (κ3) is 3.27. The minimum Gasteiger partial charge on any atom is -0.321 e. The van der Waals surface area contributed by atoms with Crippen molar-refractivity contribution >= 4 is 27.9 Å². The number of carbonyl (C=O) groups is 1. The van der Waals surface area contributed by atoms with Gasteiger partial charge in [-0.05, 0) is 19.1 Å². The lowest BCUT2D eigenvalue weighted by Gasteiger charge is -2.13. The molecule has 2 aromatic heterocycles. The predicted octanol–water partition coefficient (Wildman–Crippen LogP) is 5.64. The molecule has 0 atom stereocenters. The molecule has 8 heteroatoms. The van der Waals surface area contributed by atoms with E-state index in [-0.39, 0.29) is 5.69 Å². The van der Waals surface area contributed by atoms with Gasteiger partial charge in [0.05, 0.1) is 16.9 Å². The third-order valence-corrected chi connectivity index (χ3v) is 5.47. The van der Waals surface area contributed by atoms with Gasteiger partial charge in [-0.2, -0.15) is 13.2 Å². The van der Waals surface area contributed by atoms with Crippen LogP contribution in [0.4, 0.5) is 18.9 Å². The summed E-state index contributed by atoms with van der Waals surface area (Å²) in [4.78, 5) is 18.1. The minimum absolute atomic E-state index is 0.268. The van der Waals surface area contributed by atoms with E-state index in [2.05, 4.69) is 10.3 Å². The molecule has 142 valence electrons. The number of aryl methyl sites for hydroxylation is 1. The van der Waals surface area contributed by atoms with E-state index in [9.17, 15) is 18.0 Å². The molecule has 0 unspecified atom stereocenters. The van der Waals surface area contributed by atoms with Gasteiger partial charge in [-0.3, -0.25) is 9.20 Å². The minimum atomic E-state index is -4.55. The maximum absolute atomic E-state index is 13.1. The van der Waals surface area contributed by atoms with Gasteiger partial charge in [-0.25, -0.2) is 4.98 Å². The molecule has 0 aliphatic carbocycles. The number of para-hydroxylation sites is 1. The lowest BCUT2D eigenvalue weighted by Crippen LogP contribution is -2.16. The molecule has 0 aliphatic rings.